The van der Waals surface area contributed by atoms with E-state index in [0.29, 0.717) is 6.54 Å². The van der Waals surface area contributed by atoms with Gasteiger partial charge in [-0.2, -0.15) is 0 Å². The van der Waals surface area contributed by atoms with E-state index in [0.717, 1.165) is 0 Å². The molecule has 14 heavy (non-hydrogen) atoms. The first-order valence-corrected chi connectivity index (χ1v) is 4.58. The molecule has 0 saturated heterocycles. The molecule has 1 rings (SSSR count). The van der Waals surface area contributed by atoms with E-state index in [-0.39, 0.29) is 18.2 Å². The summed E-state index contributed by atoms with van der Waals surface area (Å²) in [5.41, 5.74) is 4.90. The Labute approximate surface area is 82.1 Å². The van der Waals surface area contributed by atoms with Crippen LogP contribution in [0.1, 0.15) is 26.3 Å². The Morgan fingerprint density at radius 3 is 2.57 bits per heavy atom. The number of hydrogen-bond donors (Lipinski definition) is 1. The molecular formula is C9H15N3O2. The highest BCUT2D eigenvalue weighted by molar-refractivity contribution is 5.73. The lowest BCUT2D eigenvalue weighted by molar-refractivity contribution is -0.118. The highest BCUT2D eigenvalue weighted by atomic mass is 16.2. The van der Waals surface area contributed by atoms with E-state index < -0.39 is 5.91 Å². The van der Waals surface area contributed by atoms with Crippen molar-refractivity contribution in [3.63, 3.8) is 0 Å². The third kappa shape index (κ3) is 2.25. The maximum absolute atomic E-state index is 11.6. The molecule has 0 spiro atoms. The van der Waals surface area contributed by atoms with Crippen molar-refractivity contribution in [3.05, 3.63) is 22.9 Å². The first-order valence-electron chi connectivity index (χ1n) is 4.58. The van der Waals surface area contributed by atoms with Gasteiger partial charge in [0.25, 0.3) is 0 Å². The van der Waals surface area contributed by atoms with E-state index in [4.69, 9.17) is 5.73 Å². The van der Waals surface area contributed by atoms with Crippen LogP contribution in [0.4, 0.5) is 0 Å². The summed E-state index contributed by atoms with van der Waals surface area (Å²) in [4.78, 5) is 22.1. The van der Waals surface area contributed by atoms with Crippen LogP contribution in [-0.2, 0) is 11.3 Å². The van der Waals surface area contributed by atoms with Gasteiger partial charge in [-0.25, -0.2) is 4.79 Å². The molecule has 0 atom stereocenters. The molecule has 0 aliphatic rings. The molecular weight excluding hydrogens is 182 g/mol. The molecule has 0 fully saturated rings. The first kappa shape index (κ1) is 10.6. The maximum atomic E-state index is 11.6. The van der Waals surface area contributed by atoms with Gasteiger partial charge in [0.15, 0.2) is 0 Å². The summed E-state index contributed by atoms with van der Waals surface area (Å²) >= 11 is 0. The standard InChI is InChI=1S/C9H15N3O2/c1-7(2)12-6-5-11(9(12)14)4-3-8(10)13/h5-7H,3-4H2,1-2H3,(H2,10,13). The zero-order valence-corrected chi connectivity index (χ0v) is 8.43. The largest absolute Gasteiger partial charge is 0.370 e. The number of carbonyl (C=O) groups is 1. The summed E-state index contributed by atoms with van der Waals surface area (Å²) in [6.07, 6.45) is 3.58. The first-order chi connectivity index (χ1) is 6.52. The third-order valence-corrected chi connectivity index (χ3v) is 2.03. The van der Waals surface area contributed by atoms with Crippen molar-refractivity contribution in [2.24, 2.45) is 5.73 Å². The zero-order chi connectivity index (χ0) is 10.7. The van der Waals surface area contributed by atoms with Gasteiger partial charge in [-0.3, -0.25) is 13.9 Å². The van der Waals surface area contributed by atoms with Crippen molar-refractivity contribution >= 4 is 5.91 Å². The number of aromatic nitrogens is 2. The van der Waals surface area contributed by atoms with Gasteiger partial charge in [-0.05, 0) is 13.8 Å². The molecule has 0 radical (unpaired) electrons. The van der Waals surface area contributed by atoms with E-state index >= 15 is 0 Å². The van der Waals surface area contributed by atoms with Crippen molar-refractivity contribution in [1.82, 2.24) is 9.13 Å². The molecule has 2 N–H and O–H groups in total. The highest BCUT2D eigenvalue weighted by Gasteiger charge is 2.06. The van der Waals surface area contributed by atoms with E-state index in [2.05, 4.69) is 0 Å². The van der Waals surface area contributed by atoms with Gasteiger partial charge >= 0.3 is 5.69 Å². The summed E-state index contributed by atoms with van der Waals surface area (Å²) in [5, 5.41) is 0. The van der Waals surface area contributed by atoms with Gasteiger partial charge in [0, 0.05) is 31.4 Å². The fraction of sp³-hybridized carbons (Fsp3) is 0.556. The van der Waals surface area contributed by atoms with Crippen molar-refractivity contribution in [2.45, 2.75) is 32.9 Å². The Bertz CT molecular complexity index is 376. The lowest BCUT2D eigenvalue weighted by Crippen LogP contribution is -2.26. The molecule has 1 heterocycles. The van der Waals surface area contributed by atoms with Crippen LogP contribution in [0, 0.1) is 0 Å². The Morgan fingerprint density at radius 1 is 1.50 bits per heavy atom. The molecule has 0 aliphatic heterocycles. The van der Waals surface area contributed by atoms with Crippen LogP contribution < -0.4 is 11.4 Å². The second-order valence-corrected chi connectivity index (χ2v) is 3.49. The zero-order valence-electron chi connectivity index (χ0n) is 8.43. The number of carbonyl (C=O) groups excluding carboxylic acids is 1. The quantitative estimate of drug-likeness (QED) is 0.744. The van der Waals surface area contributed by atoms with Crippen LogP contribution in [0.25, 0.3) is 0 Å². The number of primary amides is 1. The number of nitrogens with zero attached hydrogens (tertiary/aromatic N) is 2. The molecule has 0 saturated carbocycles. The fourth-order valence-corrected chi connectivity index (χ4v) is 1.22. The lowest BCUT2D eigenvalue weighted by Gasteiger charge is -2.04. The van der Waals surface area contributed by atoms with Crippen LogP contribution in [0.2, 0.25) is 0 Å². The monoisotopic (exact) mass is 197 g/mol. The number of rotatable bonds is 4. The van der Waals surface area contributed by atoms with E-state index in [1.165, 1.54) is 4.57 Å². The van der Waals surface area contributed by atoms with Crippen molar-refractivity contribution in [3.8, 4) is 0 Å². The van der Waals surface area contributed by atoms with Gasteiger partial charge in [0.1, 0.15) is 0 Å². The summed E-state index contributed by atoms with van der Waals surface area (Å²) in [6.45, 7) is 4.22. The Morgan fingerprint density at radius 2 is 2.14 bits per heavy atom. The minimum atomic E-state index is -0.394. The minimum absolute atomic E-state index is 0.0961. The second kappa shape index (κ2) is 4.13. The molecule has 5 nitrogen and oxygen atoms in total. The topological polar surface area (TPSA) is 70.0 Å². The van der Waals surface area contributed by atoms with Crippen LogP contribution in [0.5, 0.6) is 0 Å². The average molecular weight is 197 g/mol. The summed E-state index contributed by atoms with van der Waals surface area (Å²) < 4.78 is 3.10. The number of amides is 1. The van der Waals surface area contributed by atoms with Gasteiger partial charge in [0.2, 0.25) is 5.91 Å². The Hall–Kier alpha value is -1.52. The lowest BCUT2D eigenvalue weighted by atomic mass is 10.4. The number of aryl methyl sites for hydroxylation is 1. The normalized spacial score (nSPS) is 10.8. The van der Waals surface area contributed by atoms with Crippen molar-refractivity contribution in [1.29, 1.82) is 0 Å². The molecule has 0 bridgehead atoms. The minimum Gasteiger partial charge on any atom is -0.370 e. The second-order valence-electron chi connectivity index (χ2n) is 3.49. The SMILES string of the molecule is CC(C)n1ccn(CCC(N)=O)c1=O. The Kier molecular flexibility index (Phi) is 3.11. The summed E-state index contributed by atoms with van der Waals surface area (Å²) in [7, 11) is 0. The van der Waals surface area contributed by atoms with Gasteiger partial charge < -0.3 is 5.73 Å². The molecule has 5 heteroatoms. The van der Waals surface area contributed by atoms with Crippen LogP contribution in [-0.4, -0.2) is 15.0 Å². The van der Waals surface area contributed by atoms with E-state index in [9.17, 15) is 9.59 Å². The molecule has 78 valence electrons. The van der Waals surface area contributed by atoms with Crippen molar-refractivity contribution < 1.29 is 4.79 Å². The number of hydrogen-bond acceptors (Lipinski definition) is 2. The molecule has 0 aromatic carbocycles. The predicted octanol–water partition coefficient (Wildman–Crippen LogP) is 0.106. The molecule has 1 aromatic heterocycles. The van der Waals surface area contributed by atoms with Crippen LogP contribution >= 0.6 is 0 Å². The summed E-state index contributed by atoms with van der Waals surface area (Å²) in [6, 6.07) is 0.136. The molecule has 0 unspecified atom stereocenters. The van der Waals surface area contributed by atoms with Gasteiger partial charge in [0.05, 0.1) is 0 Å². The maximum Gasteiger partial charge on any atom is 0.328 e. The van der Waals surface area contributed by atoms with Gasteiger partial charge in [-0.1, -0.05) is 0 Å². The molecule has 1 aromatic rings. The number of imidazole rings is 1. The highest BCUT2D eigenvalue weighted by Crippen LogP contribution is 1.99. The van der Waals surface area contributed by atoms with Gasteiger partial charge in [-0.15, -0.1) is 0 Å². The van der Waals surface area contributed by atoms with Crippen LogP contribution in [0.15, 0.2) is 17.2 Å². The van der Waals surface area contributed by atoms with Crippen molar-refractivity contribution in [2.75, 3.05) is 0 Å². The van der Waals surface area contributed by atoms with Crippen LogP contribution in [0.3, 0.4) is 0 Å². The molecule has 0 aliphatic carbocycles. The average Bonchev–Trinajstić information content (AvgIpc) is 2.43. The third-order valence-electron chi connectivity index (χ3n) is 2.03. The van der Waals surface area contributed by atoms with E-state index in [1.54, 1.807) is 17.0 Å². The predicted molar refractivity (Wildman–Crippen MR) is 52.9 cm³/mol. The smallest absolute Gasteiger partial charge is 0.328 e. The fourth-order valence-electron chi connectivity index (χ4n) is 1.22. The number of nitrogens with two attached hydrogens (primary N) is 1. The Balaban J connectivity index is 2.80. The summed E-state index contributed by atoms with van der Waals surface area (Å²) in [5.74, 6) is -0.394. The van der Waals surface area contributed by atoms with E-state index in [1.807, 2.05) is 13.8 Å². The molecule has 1 amide bonds.